The molecule has 1 aromatic rings. The largest absolute Gasteiger partial charge is 0.377 e. The molecule has 1 atom stereocenters. The van der Waals surface area contributed by atoms with Gasteiger partial charge >= 0.3 is 0 Å². The summed E-state index contributed by atoms with van der Waals surface area (Å²) in [6.07, 6.45) is 0.0376. The molecule has 0 saturated carbocycles. The summed E-state index contributed by atoms with van der Waals surface area (Å²) < 4.78 is 31.8. The average Bonchev–Trinajstić information content (AvgIpc) is 2.20. The van der Waals surface area contributed by atoms with E-state index < -0.39 is 17.7 Å². The van der Waals surface area contributed by atoms with Gasteiger partial charge < -0.3 is 10.5 Å². The molecule has 0 spiro atoms. The van der Waals surface area contributed by atoms with Crippen LogP contribution in [0.2, 0.25) is 0 Å². The summed E-state index contributed by atoms with van der Waals surface area (Å²) in [5, 5.41) is 0. The van der Waals surface area contributed by atoms with Crippen molar-refractivity contribution in [1.82, 2.24) is 0 Å². The van der Waals surface area contributed by atoms with Crippen molar-refractivity contribution in [1.29, 1.82) is 0 Å². The first-order chi connectivity index (χ1) is 7.41. The van der Waals surface area contributed by atoms with Crippen LogP contribution in [0, 0.1) is 18.6 Å². The molecule has 0 amide bonds. The van der Waals surface area contributed by atoms with E-state index >= 15 is 0 Å². The first kappa shape index (κ1) is 13.1. The normalized spacial score (nSPS) is 13.2. The van der Waals surface area contributed by atoms with E-state index in [4.69, 9.17) is 10.5 Å². The van der Waals surface area contributed by atoms with E-state index in [2.05, 4.69) is 0 Å². The lowest BCUT2D eigenvalue weighted by Crippen LogP contribution is -2.21. The molecule has 0 fully saturated rings. The predicted octanol–water partition coefficient (Wildman–Crippen LogP) is 2.70. The van der Waals surface area contributed by atoms with E-state index in [0.717, 1.165) is 6.07 Å². The third-order valence-electron chi connectivity index (χ3n) is 2.29. The Hall–Kier alpha value is -1.00. The second-order valence-corrected chi connectivity index (χ2v) is 4.11. The zero-order valence-electron chi connectivity index (χ0n) is 9.76. The molecule has 0 bridgehead atoms. The van der Waals surface area contributed by atoms with Gasteiger partial charge in [-0.2, -0.15) is 0 Å². The lowest BCUT2D eigenvalue weighted by atomic mass is 10.0. The Labute approximate surface area is 94.4 Å². The quantitative estimate of drug-likeness (QED) is 0.861. The van der Waals surface area contributed by atoms with Crippen LogP contribution in [0.4, 0.5) is 8.78 Å². The first-order valence-electron chi connectivity index (χ1n) is 5.24. The van der Waals surface area contributed by atoms with E-state index in [1.807, 2.05) is 13.8 Å². The Bertz CT molecular complexity index is 366. The number of benzene rings is 1. The molecule has 1 rings (SSSR count). The zero-order valence-corrected chi connectivity index (χ0v) is 9.76. The molecule has 0 radical (unpaired) electrons. The smallest absolute Gasteiger partial charge is 0.130 e. The molecular formula is C12H17F2NO. The number of nitrogens with two attached hydrogens (primary N) is 1. The highest BCUT2D eigenvalue weighted by molar-refractivity contribution is 5.28. The van der Waals surface area contributed by atoms with Crippen molar-refractivity contribution in [2.24, 2.45) is 5.73 Å². The Morgan fingerprint density at radius 1 is 1.25 bits per heavy atom. The number of aryl methyl sites for hydroxylation is 1. The van der Waals surface area contributed by atoms with Gasteiger partial charge in [-0.1, -0.05) is 0 Å². The van der Waals surface area contributed by atoms with Gasteiger partial charge in [0.05, 0.1) is 18.8 Å². The fourth-order valence-electron chi connectivity index (χ4n) is 1.35. The van der Waals surface area contributed by atoms with Gasteiger partial charge in [-0.05, 0) is 32.4 Å². The Morgan fingerprint density at radius 2 is 1.88 bits per heavy atom. The summed E-state index contributed by atoms with van der Waals surface area (Å²) in [6, 6.07) is 1.72. The molecule has 90 valence electrons. The van der Waals surface area contributed by atoms with Crippen molar-refractivity contribution >= 4 is 0 Å². The van der Waals surface area contributed by atoms with Crippen molar-refractivity contribution in [2.75, 3.05) is 6.61 Å². The van der Waals surface area contributed by atoms with E-state index in [1.165, 1.54) is 6.07 Å². The van der Waals surface area contributed by atoms with Crippen LogP contribution >= 0.6 is 0 Å². The van der Waals surface area contributed by atoms with Gasteiger partial charge in [-0.15, -0.1) is 0 Å². The van der Waals surface area contributed by atoms with Crippen molar-refractivity contribution in [3.63, 3.8) is 0 Å². The van der Waals surface area contributed by atoms with E-state index in [0.29, 0.717) is 11.1 Å². The van der Waals surface area contributed by atoms with Gasteiger partial charge in [0.2, 0.25) is 0 Å². The number of ether oxygens (including phenoxy) is 1. The van der Waals surface area contributed by atoms with Crippen LogP contribution in [0.5, 0.6) is 0 Å². The molecule has 1 aromatic carbocycles. The highest BCUT2D eigenvalue weighted by Gasteiger charge is 2.14. The minimum Gasteiger partial charge on any atom is -0.377 e. The van der Waals surface area contributed by atoms with E-state index in [9.17, 15) is 8.78 Å². The van der Waals surface area contributed by atoms with Gasteiger partial charge in [0.25, 0.3) is 0 Å². The van der Waals surface area contributed by atoms with E-state index in [1.54, 1.807) is 6.92 Å². The second kappa shape index (κ2) is 5.37. The van der Waals surface area contributed by atoms with Crippen molar-refractivity contribution < 1.29 is 13.5 Å². The lowest BCUT2D eigenvalue weighted by Gasteiger charge is -2.16. The van der Waals surface area contributed by atoms with Crippen LogP contribution in [-0.4, -0.2) is 12.7 Å². The molecule has 2 nitrogen and oxygen atoms in total. The van der Waals surface area contributed by atoms with Gasteiger partial charge in [0.1, 0.15) is 11.6 Å². The van der Waals surface area contributed by atoms with Crippen molar-refractivity contribution in [2.45, 2.75) is 32.9 Å². The molecular weight excluding hydrogens is 212 g/mol. The summed E-state index contributed by atoms with van der Waals surface area (Å²) >= 11 is 0. The summed E-state index contributed by atoms with van der Waals surface area (Å²) in [6.45, 7) is 5.55. The molecule has 2 N–H and O–H groups in total. The zero-order chi connectivity index (χ0) is 12.3. The summed E-state index contributed by atoms with van der Waals surface area (Å²) in [4.78, 5) is 0. The number of hydrogen-bond acceptors (Lipinski definition) is 2. The fourth-order valence-corrected chi connectivity index (χ4v) is 1.35. The molecule has 0 aliphatic carbocycles. The minimum absolute atomic E-state index is 0.0376. The summed E-state index contributed by atoms with van der Waals surface area (Å²) in [5.41, 5.74) is 6.45. The fraction of sp³-hybridized carbons (Fsp3) is 0.500. The Morgan fingerprint density at radius 3 is 2.44 bits per heavy atom. The number of halogens is 2. The van der Waals surface area contributed by atoms with Crippen LogP contribution in [0.25, 0.3) is 0 Å². The first-order valence-corrected chi connectivity index (χ1v) is 5.24. The highest BCUT2D eigenvalue weighted by Crippen LogP contribution is 2.19. The number of hydrogen-bond donors (Lipinski definition) is 1. The SMILES string of the molecule is Cc1cc(C(N)COC(C)C)c(F)cc1F. The lowest BCUT2D eigenvalue weighted by molar-refractivity contribution is 0.0677. The summed E-state index contributed by atoms with van der Waals surface area (Å²) in [7, 11) is 0. The maximum atomic E-state index is 13.4. The maximum absolute atomic E-state index is 13.4. The Kier molecular flexibility index (Phi) is 4.38. The van der Waals surface area contributed by atoms with Gasteiger partial charge in [-0.3, -0.25) is 0 Å². The van der Waals surface area contributed by atoms with Crippen LogP contribution < -0.4 is 5.73 Å². The third-order valence-corrected chi connectivity index (χ3v) is 2.29. The van der Waals surface area contributed by atoms with Crippen molar-refractivity contribution in [3.05, 3.63) is 34.9 Å². The third kappa shape index (κ3) is 3.25. The van der Waals surface area contributed by atoms with E-state index in [-0.39, 0.29) is 12.7 Å². The molecule has 0 aliphatic rings. The van der Waals surface area contributed by atoms with Crippen LogP contribution in [-0.2, 0) is 4.74 Å². The predicted molar refractivity (Wildman–Crippen MR) is 59.1 cm³/mol. The molecule has 0 saturated heterocycles. The molecule has 0 aromatic heterocycles. The monoisotopic (exact) mass is 229 g/mol. The van der Waals surface area contributed by atoms with Gasteiger partial charge in [0, 0.05) is 11.6 Å². The molecule has 16 heavy (non-hydrogen) atoms. The minimum atomic E-state index is -0.622. The average molecular weight is 229 g/mol. The highest BCUT2D eigenvalue weighted by atomic mass is 19.1. The molecule has 0 heterocycles. The molecule has 4 heteroatoms. The molecule has 1 unspecified atom stereocenters. The second-order valence-electron chi connectivity index (χ2n) is 4.11. The van der Waals surface area contributed by atoms with Gasteiger partial charge in [-0.25, -0.2) is 8.78 Å². The van der Waals surface area contributed by atoms with Crippen LogP contribution in [0.15, 0.2) is 12.1 Å². The Balaban J connectivity index is 2.82. The van der Waals surface area contributed by atoms with Crippen molar-refractivity contribution in [3.8, 4) is 0 Å². The van der Waals surface area contributed by atoms with Crippen LogP contribution in [0.1, 0.15) is 31.0 Å². The van der Waals surface area contributed by atoms with Crippen LogP contribution in [0.3, 0.4) is 0 Å². The standard InChI is InChI=1S/C12H17F2NO/c1-7(2)16-6-12(15)9-4-8(3)10(13)5-11(9)14/h4-5,7,12H,6,15H2,1-3H3. The summed E-state index contributed by atoms with van der Waals surface area (Å²) in [5.74, 6) is -1.18. The topological polar surface area (TPSA) is 35.2 Å². The maximum Gasteiger partial charge on any atom is 0.130 e. The number of rotatable bonds is 4. The van der Waals surface area contributed by atoms with Gasteiger partial charge in [0.15, 0.2) is 0 Å². The molecule has 0 aliphatic heterocycles.